The van der Waals surface area contributed by atoms with Crippen molar-refractivity contribution in [2.45, 2.75) is 13.1 Å². The van der Waals surface area contributed by atoms with E-state index in [1.54, 1.807) is 18.2 Å². The number of hydrogen-bond donors (Lipinski definition) is 1. The fourth-order valence-electron chi connectivity index (χ4n) is 2.52. The Hall–Kier alpha value is -3.35. The third-order valence-electron chi connectivity index (χ3n) is 3.76. The molecular formula is C20H15F3N2O2. The molecule has 0 aliphatic carbocycles. The van der Waals surface area contributed by atoms with Crippen molar-refractivity contribution in [3.63, 3.8) is 0 Å². The number of amides is 1. The molecular weight excluding hydrogens is 357 g/mol. The fraction of sp³-hybridized carbons (Fsp3) is 0.100. The van der Waals surface area contributed by atoms with Gasteiger partial charge in [0, 0.05) is 11.1 Å². The van der Waals surface area contributed by atoms with Crippen LogP contribution in [0, 0.1) is 6.92 Å². The molecule has 0 fully saturated rings. The number of alkyl halides is 3. The molecule has 1 N–H and O–H groups in total. The number of rotatable bonds is 4. The molecule has 0 unspecified atom stereocenters. The molecule has 1 aromatic heterocycles. The van der Waals surface area contributed by atoms with Crippen LogP contribution in [0.3, 0.4) is 0 Å². The molecule has 4 nitrogen and oxygen atoms in total. The molecule has 27 heavy (non-hydrogen) atoms. The highest BCUT2D eigenvalue weighted by molar-refractivity contribution is 5.94. The average molecular weight is 372 g/mol. The first-order chi connectivity index (χ1) is 12.8. The first kappa shape index (κ1) is 18.4. The quantitative estimate of drug-likeness (QED) is 0.515. The Balaban J connectivity index is 1.74. The third kappa shape index (κ3) is 4.44. The summed E-state index contributed by atoms with van der Waals surface area (Å²) in [6.45, 7) is 1.86. The summed E-state index contributed by atoms with van der Waals surface area (Å²) in [6, 6.07) is 15.0. The zero-order valence-electron chi connectivity index (χ0n) is 14.2. The lowest BCUT2D eigenvalue weighted by Gasteiger charge is -2.10. The third-order valence-corrected chi connectivity index (χ3v) is 3.76. The molecule has 0 aliphatic heterocycles. The van der Waals surface area contributed by atoms with E-state index in [9.17, 15) is 18.0 Å². The van der Waals surface area contributed by atoms with E-state index in [-0.39, 0.29) is 17.1 Å². The maximum absolute atomic E-state index is 13.1. The lowest BCUT2D eigenvalue weighted by molar-refractivity contribution is -0.137. The molecule has 0 radical (unpaired) electrons. The summed E-state index contributed by atoms with van der Waals surface area (Å²) in [6.07, 6.45) is -3.26. The van der Waals surface area contributed by atoms with E-state index >= 15 is 0 Å². The van der Waals surface area contributed by atoms with Crippen molar-refractivity contribution < 1.29 is 22.4 Å². The minimum Gasteiger partial charge on any atom is -0.455 e. The van der Waals surface area contributed by atoms with Crippen molar-refractivity contribution in [1.29, 1.82) is 0 Å². The van der Waals surface area contributed by atoms with Crippen LogP contribution in [-0.4, -0.2) is 12.1 Å². The Morgan fingerprint density at radius 3 is 2.59 bits per heavy atom. The molecule has 1 heterocycles. The van der Waals surface area contributed by atoms with Crippen molar-refractivity contribution in [1.82, 2.24) is 5.43 Å². The Bertz CT molecular complexity index is 991. The van der Waals surface area contributed by atoms with Crippen LogP contribution >= 0.6 is 0 Å². The van der Waals surface area contributed by atoms with Gasteiger partial charge < -0.3 is 4.42 Å². The molecule has 0 aliphatic rings. The summed E-state index contributed by atoms with van der Waals surface area (Å²) >= 11 is 0. The van der Waals surface area contributed by atoms with E-state index in [2.05, 4.69) is 10.5 Å². The predicted molar refractivity (Wildman–Crippen MR) is 95.4 cm³/mol. The van der Waals surface area contributed by atoms with E-state index < -0.39 is 17.6 Å². The van der Waals surface area contributed by atoms with Crippen LogP contribution in [0.2, 0.25) is 0 Å². The second-order valence-electron chi connectivity index (χ2n) is 5.81. The minimum atomic E-state index is -4.49. The fourth-order valence-corrected chi connectivity index (χ4v) is 2.52. The van der Waals surface area contributed by atoms with Gasteiger partial charge in [-0.05, 0) is 37.3 Å². The number of nitrogens with zero attached hydrogens (tertiary/aromatic N) is 1. The topological polar surface area (TPSA) is 54.6 Å². The van der Waals surface area contributed by atoms with Gasteiger partial charge in [-0.1, -0.05) is 35.9 Å². The van der Waals surface area contributed by atoms with Gasteiger partial charge in [-0.15, -0.1) is 0 Å². The molecule has 0 saturated carbocycles. The average Bonchev–Trinajstić information content (AvgIpc) is 3.10. The normalized spacial score (nSPS) is 11.7. The number of carbonyl (C=O) groups is 1. The summed E-state index contributed by atoms with van der Waals surface area (Å²) in [5.41, 5.74) is 2.89. The second kappa shape index (κ2) is 7.49. The number of benzene rings is 2. The lowest BCUT2D eigenvalue weighted by atomic mass is 10.1. The van der Waals surface area contributed by atoms with Crippen molar-refractivity contribution in [3.8, 4) is 11.3 Å². The first-order valence-corrected chi connectivity index (χ1v) is 8.01. The van der Waals surface area contributed by atoms with E-state index in [0.717, 1.165) is 11.6 Å². The van der Waals surface area contributed by atoms with Gasteiger partial charge in [-0.25, -0.2) is 5.43 Å². The Labute approximate surface area is 153 Å². The van der Waals surface area contributed by atoms with E-state index in [1.807, 2.05) is 13.0 Å². The van der Waals surface area contributed by atoms with Crippen molar-refractivity contribution in [2.75, 3.05) is 0 Å². The van der Waals surface area contributed by atoms with E-state index in [1.165, 1.54) is 36.5 Å². The van der Waals surface area contributed by atoms with Crippen molar-refractivity contribution >= 4 is 12.1 Å². The van der Waals surface area contributed by atoms with Crippen LogP contribution in [0.4, 0.5) is 13.2 Å². The number of hydrogen-bond acceptors (Lipinski definition) is 3. The zero-order valence-corrected chi connectivity index (χ0v) is 14.2. The maximum Gasteiger partial charge on any atom is 0.417 e. The Morgan fingerprint density at radius 1 is 1.07 bits per heavy atom. The first-order valence-electron chi connectivity index (χ1n) is 8.01. The number of carbonyl (C=O) groups excluding carboxylic acids is 1. The van der Waals surface area contributed by atoms with E-state index in [0.29, 0.717) is 5.56 Å². The van der Waals surface area contributed by atoms with Crippen LogP contribution < -0.4 is 5.43 Å². The molecule has 138 valence electrons. The minimum absolute atomic E-state index is 0.0616. The van der Waals surface area contributed by atoms with Crippen LogP contribution in [0.1, 0.15) is 27.2 Å². The van der Waals surface area contributed by atoms with Gasteiger partial charge in [0.15, 0.2) is 0 Å². The summed E-state index contributed by atoms with van der Waals surface area (Å²) in [5, 5.41) is 3.79. The Kier molecular flexibility index (Phi) is 5.12. The molecule has 3 rings (SSSR count). The monoisotopic (exact) mass is 372 g/mol. The van der Waals surface area contributed by atoms with Gasteiger partial charge in [0.05, 0.1) is 11.8 Å². The Morgan fingerprint density at radius 2 is 1.85 bits per heavy atom. The summed E-state index contributed by atoms with van der Waals surface area (Å²) < 4.78 is 44.7. The number of furan rings is 1. The van der Waals surface area contributed by atoms with Gasteiger partial charge in [-0.3, -0.25) is 4.79 Å². The zero-order chi connectivity index (χ0) is 19.4. The van der Waals surface area contributed by atoms with Gasteiger partial charge in [0.25, 0.3) is 5.91 Å². The molecule has 7 heteroatoms. The van der Waals surface area contributed by atoms with Crippen LogP contribution in [0.15, 0.2) is 70.2 Å². The molecule has 0 atom stereocenters. The summed E-state index contributed by atoms with van der Waals surface area (Å²) in [5.74, 6) is -0.120. The number of halogens is 3. The molecule has 0 saturated heterocycles. The molecule has 0 spiro atoms. The largest absolute Gasteiger partial charge is 0.455 e. The maximum atomic E-state index is 13.1. The highest BCUT2D eigenvalue weighted by Crippen LogP contribution is 2.37. The summed E-state index contributed by atoms with van der Waals surface area (Å²) in [7, 11) is 0. The SMILES string of the molecule is Cc1cccc(C(=O)N/N=C\c2ccc(-c3ccccc3C(F)(F)F)o2)c1. The molecule has 1 amide bonds. The van der Waals surface area contributed by atoms with Crippen molar-refractivity contribution in [2.24, 2.45) is 5.10 Å². The van der Waals surface area contributed by atoms with Crippen LogP contribution in [-0.2, 0) is 6.18 Å². The molecule has 3 aromatic rings. The van der Waals surface area contributed by atoms with Crippen LogP contribution in [0.25, 0.3) is 11.3 Å². The number of hydrazone groups is 1. The van der Waals surface area contributed by atoms with Crippen molar-refractivity contribution in [3.05, 3.63) is 83.1 Å². The molecule has 2 aromatic carbocycles. The second-order valence-corrected chi connectivity index (χ2v) is 5.81. The smallest absolute Gasteiger partial charge is 0.417 e. The standard InChI is InChI=1S/C20H15F3N2O2/c1-13-5-4-6-14(11-13)19(26)25-24-12-15-9-10-18(27-15)16-7-2-3-8-17(16)20(21,22)23/h2-12H,1H3,(H,25,26)/b24-12-. The molecule has 0 bridgehead atoms. The highest BCUT2D eigenvalue weighted by Gasteiger charge is 2.34. The van der Waals surface area contributed by atoms with E-state index in [4.69, 9.17) is 4.42 Å². The van der Waals surface area contributed by atoms with Gasteiger partial charge in [0.1, 0.15) is 11.5 Å². The lowest BCUT2D eigenvalue weighted by Crippen LogP contribution is -2.17. The summed E-state index contributed by atoms with van der Waals surface area (Å²) in [4.78, 5) is 12.0. The van der Waals surface area contributed by atoms with Crippen LogP contribution in [0.5, 0.6) is 0 Å². The highest BCUT2D eigenvalue weighted by atomic mass is 19.4. The van der Waals surface area contributed by atoms with Gasteiger partial charge >= 0.3 is 6.18 Å². The predicted octanol–water partition coefficient (Wildman–Crippen LogP) is 5.04. The van der Waals surface area contributed by atoms with Gasteiger partial charge in [-0.2, -0.15) is 18.3 Å². The number of aryl methyl sites for hydroxylation is 1. The number of nitrogens with one attached hydrogen (secondary N) is 1. The van der Waals surface area contributed by atoms with Gasteiger partial charge in [0.2, 0.25) is 0 Å².